The van der Waals surface area contributed by atoms with Crippen LogP contribution in [0.4, 0.5) is 18.9 Å². The minimum absolute atomic E-state index is 0.411. The fourth-order valence-corrected chi connectivity index (χ4v) is 2.76. The maximum atomic E-state index is 13.0. The molecule has 2 aromatic carbocycles. The summed E-state index contributed by atoms with van der Waals surface area (Å²) in [4.78, 5) is 36.9. The summed E-state index contributed by atoms with van der Waals surface area (Å²) >= 11 is 0. The van der Waals surface area contributed by atoms with Crippen LogP contribution in [0.25, 0.3) is 5.69 Å². The lowest BCUT2D eigenvalue weighted by Gasteiger charge is -2.14. The van der Waals surface area contributed by atoms with E-state index in [2.05, 4.69) is 5.32 Å². The van der Waals surface area contributed by atoms with E-state index >= 15 is 0 Å². The summed E-state index contributed by atoms with van der Waals surface area (Å²) < 4.78 is 46.1. The van der Waals surface area contributed by atoms with Crippen molar-refractivity contribution in [2.45, 2.75) is 12.7 Å². The van der Waals surface area contributed by atoms with E-state index < -0.39 is 41.0 Å². The summed E-state index contributed by atoms with van der Waals surface area (Å²) in [7, 11) is 1.49. The lowest BCUT2D eigenvalue weighted by molar-refractivity contribution is -0.137. The summed E-state index contributed by atoms with van der Waals surface area (Å²) in [5.74, 6) is -0.314. The number of methoxy groups -OCH3 is 1. The topological polar surface area (TPSA) is 82.3 Å². The average Bonchev–Trinajstić information content (AvgIpc) is 2.71. The van der Waals surface area contributed by atoms with Crippen molar-refractivity contribution in [3.63, 3.8) is 0 Å². The van der Waals surface area contributed by atoms with Crippen LogP contribution in [-0.4, -0.2) is 22.2 Å². The Morgan fingerprint density at radius 2 is 1.67 bits per heavy atom. The Bertz CT molecular complexity index is 1180. The van der Waals surface area contributed by atoms with Crippen molar-refractivity contribution in [1.82, 2.24) is 9.13 Å². The van der Waals surface area contributed by atoms with Crippen LogP contribution in [0.3, 0.4) is 0 Å². The molecule has 0 radical (unpaired) electrons. The third-order valence-corrected chi connectivity index (χ3v) is 4.23. The highest BCUT2D eigenvalue weighted by molar-refractivity contribution is 5.91. The highest BCUT2D eigenvalue weighted by atomic mass is 19.4. The molecular formula is C20H16F3N3O4. The zero-order valence-electron chi connectivity index (χ0n) is 15.6. The lowest BCUT2D eigenvalue weighted by atomic mass is 10.1. The molecule has 7 nitrogen and oxygen atoms in total. The van der Waals surface area contributed by atoms with Crippen molar-refractivity contribution in [1.29, 1.82) is 0 Å². The van der Waals surface area contributed by atoms with Crippen LogP contribution in [0.2, 0.25) is 0 Å². The van der Waals surface area contributed by atoms with E-state index in [4.69, 9.17) is 4.74 Å². The minimum Gasteiger partial charge on any atom is -0.497 e. The van der Waals surface area contributed by atoms with Crippen LogP contribution < -0.4 is 21.2 Å². The fourth-order valence-electron chi connectivity index (χ4n) is 2.76. The van der Waals surface area contributed by atoms with E-state index in [1.54, 1.807) is 24.3 Å². The molecule has 0 aliphatic rings. The molecule has 1 N–H and O–H groups in total. The number of carbonyl (C=O) groups excluding carboxylic acids is 1. The Hall–Kier alpha value is -3.82. The number of nitrogens with one attached hydrogen (secondary N) is 1. The quantitative estimate of drug-likeness (QED) is 0.645. The van der Waals surface area contributed by atoms with Crippen LogP contribution in [0, 0.1) is 0 Å². The predicted molar refractivity (Wildman–Crippen MR) is 103 cm³/mol. The second kappa shape index (κ2) is 8.27. The highest BCUT2D eigenvalue weighted by Gasteiger charge is 2.33. The monoisotopic (exact) mass is 419 g/mol. The van der Waals surface area contributed by atoms with Crippen LogP contribution >= 0.6 is 0 Å². The number of hydrogen-bond acceptors (Lipinski definition) is 4. The minimum atomic E-state index is -4.65. The molecule has 3 aromatic rings. The third kappa shape index (κ3) is 4.43. The lowest BCUT2D eigenvalue weighted by Crippen LogP contribution is -2.41. The molecule has 30 heavy (non-hydrogen) atoms. The van der Waals surface area contributed by atoms with Gasteiger partial charge in [0.2, 0.25) is 5.91 Å². The molecule has 0 spiro atoms. The van der Waals surface area contributed by atoms with Gasteiger partial charge >= 0.3 is 17.3 Å². The molecule has 0 aliphatic carbocycles. The molecule has 0 fully saturated rings. The van der Waals surface area contributed by atoms with E-state index in [1.165, 1.54) is 31.6 Å². The molecule has 0 bridgehead atoms. The maximum absolute atomic E-state index is 13.0. The summed E-state index contributed by atoms with van der Waals surface area (Å²) in [5, 5.41) is 2.13. The first kappa shape index (κ1) is 20.9. The highest BCUT2D eigenvalue weighted by Crippen LogP contribution is 2.34. The molecule has 1 heterocycles. The zero-order valence-corrected chi connectivity index (χ0v) is 15.6. The predicted octanol–water partition coefficient (Wildman–Crippen LogP) is 2.67. The molecule has 156 valence electrons. The summed E-state index contributed by atoms with van der Waals surface area (Å²) in [6, 6.07) is 10.8. The number of hydrogen-bond donors (Lipinski definition) is 1. The largest absolute Gasteiger partial charge is 0.497 e. The van der Waals surface area contributed by atoms with E-state index in [-0.39, 0.29) is 0 Å². The van der Waals surface area contributed by atoms with Gasteiger partial charge in [0.15, 0.2) is 0 Å². The number of nitrogens with zero attached hydrogens (tertiary/aromatic N) is 2. The maximum Gasteiger partial charge on any atom is 0.418 e. The number of rotatable bonds is 5. The van der Waals surface area contributed by atoms with Gasteiger partial charge in [0.05, 0.1) is 18.4 Å². The first-order valence-electron chi connectivity index (χ1n) is 8.63. The molecule has 3 rings (SSSR count). The number of amides is 1. The smallest absolute Gasteiger partial charge is 0.418 e. The number of ether oxygens (including phenoxy) is 1. The molecule has 0 saturated heterocycles. The van der Waals surface area contributed by atoms with Crippen molar-refractivity contribution in [3.8, 4) is 11.4 Å². The van der Waals surface area contributed by atoms with Crippen LogP contribution in [-0.2, 0) is 17.5 Å². The van der Waals surface area contributed by atoms with Crippen LogP contribution in [0.15, 0.2) is 70.5 Å². The van der Waals surface area contributed by atoms with Gasteiger partial charge in [-0.15, -0.1) is 0 Å². The van der Waals surface area contributed by atoms with Crippen molar-refractivity contribution in [2.24, 2.45) is 0 Å². The standard InChI is InChI=1S/C20H16F3N3O4/c1-30-14-8-6-13(7-9-14)26-11-10-25(18(28)19(26)29)12-17(27)24-16-5-3-2-4-15(16)20(21,22)23/h2-11H,12H2,1H3,(H,24,27). The molecule has 0 atom stereocenters. The van der Waals surface area contributed by atoms with Gasteiger partial charge in [0.1, 0.15) is 12.3 Å². The van der Waals surface area contributed by atoms with Gasteiger partial charge in [-0.3, -0.25) is 23.5 Å². The van der Waals surface area contributed by atoms with Gasteiger partial charge in [-0.2, -0.15) is 13.2 Å². The number of aromatic nitrogens is 2. The van der Waals surface area contributed by atoms with Gasteiger partial charge in [-0.25, -0.2) is 0 Å². The fraction of sp³-hybridized carbons (Fsp3) is 0.150. The van der Waals surface area contributed by atoms with E-state index in [1.807, 2.05) is 0 Å². The van der Waals surface area contributed by atoms with Gasteiger partial charge in [-0.1, -0.05) is 12.1 Å². The zero-order chi connectivity index (χ0) is 21.9. The Balaban J connectivity index is 1.83. The van der Waals surface area contributed by atoms with Gasteiger partial charge in [-0.05, 0) is 36.4 Å². The summed E-state index contributed by atoms with van der Waals surface area (Å²) in [5.41, 5.74) is -2.94. The van der Waals surface area contributed by atoms with E-state index in [9.17, 15) is 27.6 Å². The Kier molecular flexibility index (Phi) is 5.77. The van der Waals surface area contributed by atoms with E-state index in [0.717, 1.165) is 21.3 Å². The average molecular weight is 419 g/mol. The normalized spacial score (nSPS) is 11.2. The van der Waals surface area contributed by atoms with Crippen LogP contribution in [0.5, 0.6) is 5.75 Å². The number of para-hydroxylation sites is 1. The first-order valence-corrected chi connectivity index (χ1v) is 8.63. The van der Waals surface area contributed by atoms with Crippen LogP contribution in [0.1, 0.15) is 5.56 Å². The van der Waals surface area contributed by atoms with Crippen molar-refractivity contribution in [3.05, 3.63) is 87.2 Å². The van der Waals surface area contributed by atoms with Crippen molar-refractivity contribution >= 4 is 11.6 Å². The molecule has 0 unspecified atom stereocenters. The van der Waals surface area contributed by atoms with E-state index in [0.29, 0.717) is 11.4 Å². The Labute approximate surface area is 168 Å². The second-order valence-electron chi connectivity index (χ2n) is 6.20. The summed E-state index contributed by atoms with van der Waals surface area (Å²) in [6.07, 6.45) is -2.15. The molecule has 1 aromatic heterocycles. The molecule has 0 aliphatic heterocycles. The SMILES string of the molecule is COc1ccc(-n2ccn(CC(=O)Nc3ccccc3C(F)(F)F)c(=O)c2=O)cc1. The number of alkyl halides is 3. The Morgan fingerprint density at radius 1 is 1.00 bits per heavy atom. The first-order chi connectivity index (χ1) is 14.2. The van der Waals surface area contributed by atoms with Gasteiger partial charge in [0.25, 0.3) is 0 Å². The molecule has 10 heteroatoms. The molecule has 1 amide bonds. The number of halogens is 3. The van der Waals surface area contributed by atoms with Gasteiger partial charge in [0, 0.05) is 18.1 Å². The molecule has 0 saturated carbocycles. The number of anilines is 1. The van der Waals surface area contributed by atoms with Crippen molar-refractivity contribution < 1.29 is 22.7 Å². The number of carbonyl (C=O) groups is 1. The second-order valence-corrected chi connectivity index (χ2v) is 6.20. The van der Waals surface area contributed by atoms with Crippen molar-refractivity contribution in [2.75, 3.05) is 12.4 Å². The summed E-state index contributed by atoms with van der Waals surface area (Å²) in [6.45, 7) is -0.621. The molecular weight excluding hydrogens is 403 g/mol. The Morgan fingerprint density at radius 3 is 2.30 bits per heavy atom. The number of benzene rings is 2. The third-order valence-electron chi connectivity index (χ3n) is 4.23. The van der Waals surface area contributed by atoms with Gasteiger partial charge < -0.3 is 10.1 Å².